The topological polar surface area (TPSA) is 84.5 Å². The highest BCUT2D eigenvalue weighted by atomic mass is 32.2. The van der Waals surface area contributed by atoms with E-state index in [1.54, 1.807) is 12.1 Å². The van der Waals surface area contributed by atoms with Gasteiger partial charge in [-0.25, -0.2) is 8.42 Å². The number of carbonyl (C=O) groups is 1. The lowest BCUT2D eigenvalue weighted by atomic mass is 10.0. The van der Waals surface area contributed by atoms with E-state index < -0.39 is 15.9 Å². The Morgan fingerprint density at radius 3 is 2.52 bits per heavy atom. The van der Waals surface area contributed by atoms with Gasteiger partial charge in [0.25, 0.3) is 0 Å². The van der Waals surface area contributed by atoms with E-state index in [2.05, 4.69) is 10.6 Å². The number of hydrogen-bond acceptors (Lipinski definition) is 5. The Morgan fingerprint density at radius 2 is 1.85 bits per heavy atom. The third-order valence-corrected chi connectivity index (χ3v) is 6.24. The lowest BCUT2D eigenvalue weighted by Crippen LogP contribution is -2.40. The van der Waals surface area contributed by atoms with Crippen LogP contribution < -0.4 is 15.4 Å². The molecule has 1 fully saturated rings. The zero-order valence-corrected chi connectivity index (χ0v) is 16.0. The maximum Gasteiger partial charge on any atom is 0.246 e. The van der Waals surface area contributed by atoms with Crippen LogP contribution in [0.1, 0.15) is 24.9 Å². The molecule has 0 saturated carbocycles. The van der Waals surface area contributed by atoms with E-state index in [9.17, 15) is 13.2 Å². The van der Waals surface area contributed by atoms with E-state index in [0.29, 0.717) is 24.5 Å². The number of nitrogens with one attached hydrogen (secondary N) is 2. The highest BCUT2D eigenvalue weighted by molar-refractivity contribution is 7.91. The summed E-state index contributed by atoms with van der Waals surface area (Å²) in [6.45, 7) is 2.38. The van der Waals surface area contributed by atoms with Crippen LogP contribution in [0.15, 0.2) is 54.6 Å². The Kier molecular flexibility index (Phi) is 6.13. The number of benzene rings is 2. The normalized spacial score (nSPS) is 19.4. The van der Waals surface area contributed by atoms with Crippen molar-refractivity contribution in [2.24, 2.45) is 0 Å². The second kappa shape index (κ2) is 8.54. The van der Waals surface area contributed by atoms with Gasteiger partial charge in [0.2, 0.25) is 5.91 Å². The first-order chi connectivity index (χ1) is 13.0. The van der Waals surface area contributed by atoms with Crippen LogP contribution in [-0.4, -0.2) is 38.5 Å². The predicted octanol–water partition coefficient (Wildman–Crippen LogP) is 2.54. The Bertz CT molecular complexity index is 884. The van der Waals surface area contributed by atoms with Crippen LogP contribution in [0.5, 0.6) is 5.75 Å². The van der Waals surface area contributed by atoms with Gasteiger partial charge in [0.15, 0.2) is 9.84 Å². The van der Waals surface area contributed by atoms with Crippen molar-refractivity contribution in [3.05, 3.63) is 60.2 Å². The van der Waals surface area contributed by atoms with Crippen molar-refractivity contribution in [1.82, 2.24) is 5.32 Å². The van der Waals surface area contributed by atoms with E-state index in [1.165, 1.54) is 0 Å². The molecule has 1 aliphatic heterocycles. The summed E-state index contributed by atoms with van der Waals surface area (Å²) in [6, 6.07) is 15.7. The molecule has 1 amide bonds. The molecule has 1 aliphatic rings. The third-order valence-electron chi connectivity index (χ3n) is 4.47. The van der Waals surface area contributed by atoms with Crippen LogP contribution in [0.2, 0.25) is 0 Å². The number of anilines is 1. The zero-order valence-electron chi connectivity index (χ0n) is 15.2. The molecule has 0 unspecified atom stereocenters. The molecule has 0 spiro atoms. The molecule has 7 heteroatoms. The summed E-state index contributed by atoms with van der Waals surface area (Å²) in [5.74, 6) is 0.557. The van der Waals surface area contributed by atoms with E-state index in [0.717, 1.165) is 5.56 Å². The average molecular weight is 388 g/mol. The van der Waals surface area contributed by atoms with E-state index in [1.807, 2.05) is 49.4 Å². The molecule has 144 valence electrons. The molecule has 2 aromatic carbocycles. The molecule has 1 saturated heterocycles. The lowest BCUT2D eigenvalue weighted by molar-refractivity contribution is -0.118. The first-order valence-corrected chi connectivity index (χ1v) is 10.8. The summed E-state index contributed by atoms with van der Waals surface area (Å²) in [7, 11) is -3.04. The van der Waals surface area contributed by atoms with Gasteiger partial charge in [0.05, 0.1) is 23.8 Å². The van der Waals surface area contributed by atoms with Crippen molar-refractivity contribution in [3.8, 4) is 5.75 Å². The maximum atomic E-state index is 13.0. The smallest absolute Gasteiger partial charge is 0.246 e. The van der Waals surface area contributed by atoms with Gasteiger partial charge in [-0.2, -0.15) is 0 Å². The Hall–Kier alpha value is -2.38. The third kappa shape index (κ3) is 5.08. The monoisotopic (exact) mass is 388 g/mol. The Balaban J connectivity index is 1.81. The van der Waals surface area contributed by atoms with Crippen molar-refractivity contribution in [1.29, 1.82) is 0 Å². The second-order valence-corrected chi connectivity index (χ2v) is 8.76. The fourth-order valence-electron chi connectivity index (χ4n) is 3.19. The van der Waals surface area contributed by atoms with Gasteiger partial charge in [0.1, 0.15) is 11.8 Å². The molecule has 1 heterocycles. The Morgan fingerprint density at radius 1 is 1.15 bits per heavy atom. The first kappa shape index (κ1) is 19.4. The Labute approximate surface area is 159 Å². The molecular weight excluding hydrogens is 364 g/mol. The number of carbonyl (C=O) groups excluding carboxylic acids is 1. The summed E-state index contributed by atoms with van der Waals surface area (Å²) in [5, 5.41) is 6.14. The van der Waals surface area contributed by atoms with E-state index >= 15 is 0 Å². The van der Waals surface area contributed by atoms with Crippen LogP contribution >= 0.6 is 0 Å². The largest absolute Gasteiger partial charge is 0.492 e. The van der Waals surface area contributed by atoms with Crippen LogP contribution in [0.4, 0.5) is 5.69 Å². The highest BCUT2D eigenvalue weighted by Crippen LogP contribution is 2.26. The van der Waals surface area contributed by atoms with Gasteiger partial charge in [0, 0.05) is 6.04 Å². The zero-order chi connectivity index (χ0) is 19.3. The summed E-state index contributed by atoms with van der Waals surface area (Å²) in [6.07, 6.45) is 0.508. The van der Waals surface area contributed by atoms with E-state index in [-0.39, 0.29) is 23.5 Å². The van der Waals surface area contributed by atoms with Crippen molar-refractivity contribution in [2.45, 2.75) is 25.4 Å². The summed E-state index contributed by atoms with van der Waals surface area (Å²) >= 11 is 0. The van der Waals surface area contributed by atoms with Crippen LogP contribution in [0, 0.1) is 0 Å². The first-order valence-electron chi connectivity index (χ1n) is 9.02. The standard InChI is InChI=1S/C20H24N2O4S/c1-2-26-18-11-7-6-10-17(18)22-20(23)19(15-8-4-3-5-9-15)21-16-12-13-27(24,25)14-16/h3-11,16,19,21H,2,12-14H2,1H3,(H,22,23)/t16-,19-/m1/s1. The van der Waals surface area contributed by atoms with Gasteiger partial charge in [-0.05, 0) is 31.0 Å². The minimum absolute atomic E-state index is 0.0547. The van der Waals surface area contributed by atoms with Crippen LogP contribution in [0.25, 0.3) is 0 Å². The number of ether oxygens (including phenoxy) is 1. The van der Waals surface area contributed by atoms with Crippen molar-refractivity contribution in [3.63, 3.8) is 0 Å². The second-order valence-electron chi connectivity index (χ2n) is 6.53. The van der Waals surface area contributed by atoms with Crippen molar-refractivity contribution in [2.75, 3.05) is 23.4 Å². The SMILES string of the molecule is CCOc1ccccc1NC(=O)[C@H](N[C@@H]1CCS(=O)(=O)C1)c1ccccc1. The molecule has 6 nitrogen and oxygen atoms in total. The van der Waals surface area contributed by atoms with Crippen LogP contribution in [-0.2, 0) is 14.6 Å². The molecule has 2 N–H and O–H groups in total. The van der Waals surface area contributed by atoms with Gasteiger partial charge >= 0.3 is 0 Å². The average Bonchev–Trinajstić information content (AvgIpc) is 3.01. The number of rotatable bonds is 7. The fourth-order valence-corrected chi connectivity index (χ4v) is 4.87. The van der Waals surface area contributed by atoms with Crippen molar-refractivity contribution < 1.29 is 17.9 Å². The highest BCUT2D eigenvalue weighted by Gasteiger charge is 2.32. The minimum atomic E-state index is -3.04. The van der Waals surface area contributed by atoms with Gasteiger partial charge < -0.3 is 10.1 Å². The molecular formula is C20H24N2O4S. The molecule has 0 bridgehead atoms. The minimum Gasteiger partial charge on any atom is -0.492 e. The number of hydrogen-bond donors (Lipinski definition) is 2. The molecule has 0 aliphatic carbocycles. The maximum absolute atomic E-state index is 13.0. The summed E-state index contributed by atoms with van der Waals surface area (Å²) in [5.41, 5.74) is 1.37. The summed E-state index contributed by atoms with van der Waals surface area (Å²) in [4.78, 5) is 13.0. The molecule has 0 aromatic heterocycles. The quantitative estimate of drug-likeness (QED) is 0.761. The van der Waals surface area contributed by atoms with Crippen molar-refractivity contribution >= 4 is 21.4 Å². The lowest BCUT2D eigenvalue weighted by Gasteiger charge is -2.23. The molecule has 2 aromatic rings. The van der Waals surface area contributed by atoms with Crippen LogP contribution in [0.3, 0.4) is 0 Å². The number of para-hydroxylation sites is 2. The number of sulfone groups is 1. The molecule has 0 radical (unpaired) electrons. The molecule has 27 heavy (non-hydrogen) atoms. The molecule has 2 atom stereocenters. The van der Waals surface area contributed by atoms with Gasteiger partial charge in [-0.15, -0.1) is 0 Å². The van der Waals surface area contributed by atoms with Gasteiger partial charge in [-0.3, -0.25) is 10.1 Å². The molecule has 3 rings (SSSR count). The van der Waals surface area contributed by atoms with Gasteiger partial charge in [-0.1, -0.05) is 42.5 Å². The summed E-state index contributed by atoms with van der Waals surface area (Å²) < 4.78 is 29.1. The van der Waals surface area contributed by atoms with E-state index in [4.69, 9.17) is 4.74 Å². The predicted molar refractivity (Wildman–Crippen MR) is 106 cm³/mol. The fraction of sp³-hybridized carbons (Fsp3) is 0.350. The number of amides is 1.